The fourth-order valence-corrected chi connectivity index (χ4v) is 4.44. The van der Waals surface area contributed by atoms with E-state index in [1.807, 2.05) is 13.8 Å². The number of sulfonamides is 1. The van der Waals surface area contributed by atoms with Crippen molar-refractivity contribution in [3.63, 3.8) is 0 Å². The Morgan fingerprint density at radius 3 is 2.70 bits per heavy atom. The summed E-state index contributed by atoms with van der Waals surface area (Å²) in [7, 11) is -3.06. The average molecular weight is 300 g/mol. The molecule has 20 heavy (non-hydrogen) atoms. The van der Waals surface area contributed by atoms with E-state index in [0.29, 0.717) is 19.7 Å². The van der Waals surface area contributed by atoms with Gasteiger partial charge in [0, 0.05) is 18.7 Å². The SMILES string of the molecule is Cc1noc(C)c1COC1CCN(S(=O)(=O)C2CC2)C1. The summed E-state index contributed by atoms with van der Waals surface area (Å²) in [6.45, 7) is 5.22. The molecule has 1 saturated carbocycles. The van der Waals surface area contributed by atoms with Crippen LogP contribution in [0, 0.1) is 13.8 Å². The van der Waals surface area contributed by atoms with E-state index in [-0.39, 0.29) is 11.4 Å². The van der Waals surface area contributed by atoms with Gasteiger partial charge in [0.15, 0.2) is 0 Å². The summed E-state index contributed by atoms with van der Waals surface area (Å²) in [5.41, 5.74) is 1.80. The number of nitrogens with zero attached hydrogens (tertiary/aromatic N) is 2. The van der Waals surface area contributed by atoms with E-state index in [4.69, 9.17) is 9.26 Å². The maximum Gasteiger partial charge on any atom is 0.217 e. The predicted molar refractivity (Wildman–Crippen MR) is 72.7 cm³/mol. The van der Waals surface area contributed by atoms with Crippen LogP contribution < -0.4 is 0 Å². The molecule has 1 aliphatic heterocycles. The van der Waals surface area contributed by atoms with Crippen LogP contribution in [0.3, 0.4) is 0 Å². The standard InChI is InChI=1S/C13H20N2O4S/c1-9-13(10(2)19-14-9)8-18-11-5-6-15(7-11)20(16,17)12-3-4-12/h11-12H,3-8H2,1-2H3. The van der Waals surface area contributed by atoms with Crippen molar-refractivity contribution in [1.29, 1.82) is 0 Å². The molecular weight excluding hydrogens is 280 g/mol. The minimum absolute atomic E-state index is 0.0303. The van der Waals surface area contributed by atoms with Gasteiger partial charge in [-0.3, -0.25) is 0 Å². The summed E-state index contributed by atoms with van der Waals surface area (Å²) < 4.78 is 36.8. The second-order valence-corrected chi connectivity index (χ2v) is 7.84. The van der Waals surface area contributed by atoms with Gasteiger partial charge in [-0.05, 0) is 33.1 Å². The molecule has 0 radical (unpaired) electrons. The van der Waals surface area contributed by atoms with Crippen LogP contribution >= 0.6 is 0 Å². The lowest BCUT2D eigenvalue weighted by molar-refractivity contribution is 0.0500. The number of hydrogen-bond donors (Lipinski definition) is 0. The van der Waals surface area contributed by atoms with Crippen molar-refractivity contribution in [2.75, 3.05) is 13.1 Å². The first kappa shape index (κ1) is 14.0. The maximum absolute atomic E-state index is 12.1. The van der Waals surface area contributed by atoms with Gasteiger partial charge in [0.05, 0.1) is 23.7 Å². The zero-order valence-corrected chi connectivity index (χ0v) is 12.6. The van der Waals surface area contributed by atoms with E-state index in [0.717, 1.165) is 36.3 Å². The van der Waals surface area contributed by atoms with Crippen molar-refractivity contribution in [3.05, 3.63) is 17.0 Å². The fraction of sp³-hybridized carbons (Fsp3) is 0.769. The van der Waals surface area contributed by atoms with E-state index in [9.17, 15) is 8.42 Å². The molecule has 2 fully saturated rings. The van der Waals surface area contributed by atoms with Crippen molar-refractivity contribution in [2.45, 2.75) is 51.1 Å². The summed E-state index contributed by atoms with van der Waals surface area (Å²) in [6.07, 6.45) is 2.35. The Kier molecular flexibility index (Phi) is 3.60. The van der Waals surface area contributed by atoms with Crippen molar-refractivity contribution >= 4 is 10.0 Å². The van der Waals surface area contributed by atoms with Crippen molar-refractivity contribution in [2.24, 2.45) is 0 Å². The third-order valence-electron chi connectivity index (χ3n) is 4.06. The molecule has 1 aliphatic carbocycles. The van der Waals surface area contributed by atoms with Gasteiger partial charge in [0.25, 0.3) is 0 Å². The van der Waals surface area contributed by atoms with Crippen LogP contribution in [0.1, 0.15) is 36.3 Å². The highest BCUT2D eigenvalue weighted by atomic mass is 32.2. The topological polar surface area (TPSA) is 72.6 Å². The lowest BCUT2D eigenvalue weighted by Crippen LogP contribution is -2.32. The third kappa shape index (κ3) is 2.62. The molecule has 2 heterocycles. The van der Waals surface area contributed by atoms with E-state index < -0.39 is 10.0 Å². The Bertz CT molecular complexity index is 572. The van der Waals surface area contributed by atoms with Gasteiger partial charge >= 0.3 is 0 Å². The number of ether oxygens (including phenoxy) is 1. The lowest BCUT2D eigenvalue weighted by atomic mass is 10.2. The van der Waals surface area contributed by atoms with Gasteiger partial charge in [0.2, 0.25) is 10.0 Å². The Balaban J connectivity index is 1.56. The highest BCUT2D eigenvalue weighted by molar-refractivity contribution is 7.90. The van der Waals surface area contributed by atoms with Gasteiger partial charge in [-0.15, -0.1) is 0 Å². The highest BCUT2D eigenvalue weighted by Crippen LogP contribution is 2.33. The molecule has 1 aromatic heterocycles. The molecule has 0 spiro atoms. The summed E-state index contributed by atoms with van der Waals surface area (Å²) in [4.78, 5) is 0. The maximum atomic E-state index is 12.1. The molecule has 0 amide bonds. The molecule has 0 N–H and O–H groups in total. The smallest absolute Gasteiger partial charge is 0.217 e. The molecule has 7 heteroatoms. The molecule has 0 bridgehead atoms. The predicted octanol–water partition coefficient (Wildman–Crippen LogP) is 1.37. The monoisotopic (exact) mass is 300 g/mol. The van der Waals surface area contributed by atoms with Gasteiger partial charge in [-0.2, -0.15) is 4.31 Å². The first-order valence-electron chi connectivity index (χ1n) is 7.01. The molecule has 6 nitrogen and oxygen atoms in total. The van der Waals surface area contributed by atoms with Crippen LogP contribution in [-0.2, 0) is 21.4 Å². The minimum atomic E-state index is -3.06. The molecule has 1 saturated heterocycles. The van der Waals surface area contributed by atoms with E-state index in [2.05, 4.69) is 5.16 Å². The van der Waals surface area contributed by atoms with E-state index in [1.54, 1.807) is 4.31 Å². The van der Waals surface area contributed by atoms with Gasteiger partial charge in [0.1, 0.15) is 5.76 Å². The molecule has 2 aliphatic rings. The first-order valence-corrected chi connectivity index (χ1v) is 8.51. The number of aromatic nitrogens is 1. The molecular formula is C13H20N2O4S. The quantitative estimate of drug-likeness (QED) is 0.821. The molecule has 1 atom stereocenters. The van der Waals surface area contributed by atoms with Crippen LogP contribution in [0.25, 0.3) is 0 Å². The molecule has 1 aromatic rings. The van der Waals surface area contributed by atoms with Gasteiger partial charge < -0.3 is 9.26 Å². The Labute approximate surface area is 119 Å². The van der Waals surface area contributed by atoms with Crippen LogP contribution in [-0.4, -0.2) is 42.3 Å². The fourth-order valence-electron chi connectivity index (χ4n) is 2.55. The highest BCUT2D eigenvalue weighted by Gasteiger charge is 2.42. The molecule has 0 aromatic carbocycles. The second-order valence-electron chi connectivity index (χ2n) is 5.63. The average Bonchev–Trinajstić information content (AvgIpc) is 3.08. The molecule has 1 unspecified atom stereocenters. The minimum Gasteiger partial charge on any atom is -0.372 e. The number of hydrogen-bond acceptors (Lipinski definition) is 5. The third-order valence-corrected chi connectivity index (χ3v) is 6.42. The molecule has 3 rings (SSSR count). The van der Waals surface area contributed by atoms with E-state index >= 15 is 0 Å². The first-order chi connectivity index (χ1) is 9.48. The van der Waals surface area contributed by atoms with Crippen LogP contribution in [0.2, 0.25) is 0 Å². The summed E-state index contributed by atoms with van der Waals surface area (Å²) >= 11 is 0. The largest absolute Gasteiger partial charge is 0.372 e. The normalized spacial score (nSPS) is 24.4. The number of aryl methyl sites for hydroxylation is 2. The van der Waals surface area contributed by atoms with Crippen molar-refractivity contribution in [1.82, 2.24) is 9.46 Å². The Hall–Kier alpha value is -0.920. The van der Waals surface area contributed by atoms with Crippen LogP contribution in [0.15, 0.2) is 4.52 Å². The Morgan fingerprint density at radius 2 is 2.10 bits per heavy atom. The number of rotatable bonds is 5. The summed E-state index contributed by atoms with van der Waals surface area (Å²) in [6, 6.07) is 0. The van der Waals surface area contributed by atoms with Gasteiger partial charge in [-0.1, -0.05) is 5.16 Å². The molecule has 112 valence electrons. The summed E-state index contributed by atoms with van der Waals surface area (Å²) in [5.74, 6) is 0.767. The lowest BCUT2D eigenvalue weighted by Gasteiger charge is -2.16. The van der Waals surface area contributed by atoms with Crippen LogP contribution in [0.5, 0.6) is 0 Å². The summed E-state index contributed by atoms with van der Waals surface area (Å²) in [5, 5.41) is 3.75. The van der Waals surface area contributed by atoms with Gasteiger partial charge in [-0.25, -0.2) is 8.42 Å². The second kappa shape index (κ2) is 5.13. The zero-order valence-electron chi connectivity index (χ0n) is 11.8. The van der Waals surface area contributed by atoms with E-state index in [1.165, 1.54) is 0 Å². The zero-order chi connectivity index (χ0) is 14.3. The van der Waals surface area contributed by atoms with Crippen molar-refractivity contribution in [3.8, 4) is 0 Å². The Morgan fingerprint density at radius 1 is 1.35 bits per heavy atom. The van der Waals surface area contributed by atoms with Crippen molar-refractivity contribution < 1.29 is 17.7 Å². The van der Waals surface area contributed by atoms with Crippen LogP contribution in [0.4, 0.5) is 0 Å².